The SMILES string of the molecule is CC(c1ccccc1Cl)N(C)c1cc(C#N)ccc1N. The molecule has 3 nitrogen and oxygen atoms in total. The second kappa shape index (κ2) is 5.85. The summed E-state index contributed by atoms with van der Waals surface area (Å²) in [4.78, 5) is 2.03. The minimum Gasteiger partial charge on any atom is -0.397 e. The molecule has 1 unspecified atom stereocenters. The van der Waals surface area contributed by atoms with Crippen molar-refractivity contribution >= 4 is 23.0 Å². The fourth-order valence-corrected chi connectivity index (χ4v) is 2.44. The lowest BCUT2D eigenvalue weighted by atomic mass is 10.1. The van der Waals surface area contributed by atoms with Gasteiger partial charge in [-0.05, 0) is 36.8 Å². The Morgan fingerprint density at radius 1 is 1.25 bits per heavy atom. The molecule has 0 bridgehead atoms. The quantitative estimate of drug-likeness (QED) is 0.868. The third-order valence-electron chi connectivity index (χ3n) is 3.48. The van der Waals surface area contributed by atoms with E-state index in [1.165, 1.54) is 0 Å². The number of rotatable bonds is 3. The summed E-state index contributed by atoms with van der Waals surface area (Å²) in [6.45, 7) is 2.06. The summed E-state index contributed by atoms with van der Waals surface area (Å²) >= 11 is 6.24. The average molecular weight is 286 g/mol. The summed E-state index contributed by atoms with van der Waals surface area (Å²) in [5.41, 5.74) is 9.11. The van der Waals surface area contributed by atoms with Crippen molar-refractivity contribution in [1.82, 2.24) is 0 Å². The van der Waals surface area contributed by atoms with Crippen LogP contribution in [0, 0.1) is 11.3 Å². The predicted octanol–water partition coefficient (Wildman–Crippen LogP) is 3.99. The first kappa shape index (κ1) is 14.2. The van der Waals surface area contributed by atoms with E-state index in [0.717, 1.165) is 16.3 Å². The Morgan fingerprint density at radius 3 is 2.60 bits per heavy atom. The standard InChI is InChI=1S/C16H16ClN3/c1-11(13-5-3-4-6-14(13)17)20(2)16-9-12(10-18)7-8-15(16)19/h3-9,11H,19H2,1-2H3. The fraction of sp³-hybridized carbons (Fsp3) is 0.188. The van der Waals surface area contributed by atoms with Crippen molar-refractivity contribution in [1.29, 1.82) is 5.26 Å². The van der Waals surface area contributed by atoms with E-state index in [1.54, 1.807) is 18.2 Å². The molecule has 20 heavy (non-hydrogen) atoms. The molecule has 0 heterocycles. The molecule has 4 heteroatoms. The van der Waals surface area contributed by atoms with Crippen molar-refractivity contribution in [2.24, 2.45) is 0 Å². The molecule has 0 saturated heterocycles. The summed E-state index contributed by atoms with van der Waals surface area (Å²) in [5, 5.41) is 9.73. The van der Waals surface area contributed by atoms with Crippen LogP contribution in [0.2, 0.25) is 5.02 Å². The summed E-state index contributed by atoms with van der Waals surface area (Å²) < 4.78 is 0. The topological polar surface area (TPSA) is 53.0 Å². The van der Waals surface area contributed by atoms with Gasteiger partial charge in [0.15, 0.2) is 0 Å². The Labute approximate surface area is 124 Å². The number of halogens is 1. The molecule has 0 saturated carbocycles. The van der Waals surface area contributed by atoms with Crippen LogP contribution >= 0.6 is 11.6 Å². The molecule has 1 atom stereocenters. The van der Waals surface area contributed by atoms with Crippen LogP contribution in [-0.4, -0.2) is 7.05 Å². The van der Waals surface area contributed by atoms with Gasteiger partial charge in [0.1, 0.15) is 0 Å². The van der Waals surface area contributed by atoms with Gasteiger partial charge in [-0.25, -0.2) is 0 Å². The Balaban J connectivity index is 2.39. The number of hydrogen-bond donors (Lipinski definition) is 1. The zero-order chi connectivity index (χ0) is 14.7. The highest BCUT2D eigenvalue weighted by atomic mass is 35.5. The summed E-state index contributed by atoms with van der Waals surface area (Å²) in [5.74, 6) is 0. The van der Waals surface area contributed by atoms with Crippen molar-refractivity contribution in [3.05, 3.63) is 58.6 Å². The Kier molecular flexibility index (Phi) is 4.16. The van der Waals surface area contributed by atoms with Gasteiger partial charge in [-0.15, -0.1) is 0 Å². The molecule has 0 aromatic heterocycles. The lowest BCUT2D eigenvalue weighted by Gasteiger charge is -2.29. The van der Waals surface area contributed by atoms with Crippen LogP contribution in [0.25, 0.3) is 0 Å². The van der Waals surface area contributed by atoms with Gasteiger partial charge >= 0.3 is 0 Å². The highest BCUT2D eigenvalue weighted by Crippen LogP contribution is 2.33. The maximum Gasteiger partial charge on any atom is 0.0992 e. The highest BCUT2D eigenvalue weighted by Gasteiger charge is 2.17. The zero-order valence-electron chi connectivity index (χ0n) is 11.5. The molecule has 0 fully saturated rings. The van der Waals surface area contributed by atoms with E-state index >= 15 is 0 Å². The van der Waals surface area contributed by atoms with Crippen LogP contribution in [0.5, 0.6) is 0 Å². The van der Waals surface area contributed by atoms with Gasteiger partial charge in [0.2, 0.25) is 0 Å². The molecular formula is C16H16ClN3. The molecule has 2 N–H and O–H groups in total. The number of anilines is 2. The summed E-state index contributed by atoms with van der Waals surface area (Å²) in [7, 11) is 1.95. The maximum atomic E-state index is 9.00. The molecule has 0 aliphatic carbocycles. The minimum atomic E-state index is 0.0555. The van der Waals surface area contributed by atoms with Crippen LogP contribution in [-0.2, 0) is 0 Å². The molecule has 0 radical (unpaired) electrons. The van der Waals surface area contributed by atoms with Gasteiger partial charge in [-0.3, -0.25) is 0 Å². The number of nitrogens with two attached hydrogens (primary N) is 1. The number of nitriles is 1. The van der Waals surface area contributed by atoms with Crippen LogP contribution in [0.4, 0.5) is 11.4 Å². The summed E-state index contributed by atoms with van der Waals surface area (Å²) in [6, 6.07) is 15.2. The largest absolute Gasteiger partial charge is 0.397 e. The van der Waals surface area contributed by atoms with Crippen LogP contribution in [0.1, 0.15) is 24.1 Å². The Bertz CT molecular complexity index is 661. The fourth-order valence-electron chi connectivity index (χ4n) is 2.15. The smallest absolute Gasteiger partial charge is 0.0992 e. The molecule has 0 amide bonds. The molecule has 2 aromatic rings. The first-order valence-corrected chi connectivity index (χ1v) is 6.69. The molecule has 0 aliphatic heterocycles. The van der Waals surface area contributed by atoms with Gasteiger partial charge in [0.05, 0.1) is 29.0 Å². The molecular weight excluding hydrogens is 270 g/mol. The van der Waals surface area contributed by atoms with Gasteiger partial charge < -0.3 is 10.6 Å². The van der Waals surface area contributed by atoms with Crippen molar-refractivity contribution in [3.63, 3.8) is 0 Å². The maximum absolute atomic E-state index is 9.00. The third-order valence-corrected chi connectivity index (χ3v) is 3.82. The van der Waals surface area contributed by atoms with E-state index < -0.39 is 0 Å². The first-order chi connectivity index (χ1) is 9.54. The van der Waals surface area contributed by atoms with Gasteiger partial charge in [-0.1, -0.05) is 29.8 Å². The Morgan fingerprint density at radius 2 is 1.95 bits per heavy atom. The van der Waals surface area contributed by atoms with Crippen LogP contribution in [0.3, 0.4) is 0 Å². The van der Waals surface area contributed by atoms with E-state index in [-0.39, 0.29) is 6.04 Å². The van der Waals surface area contributed by atoms with E-state index in [4.69, 9.17) is 22.6 Å². The van der Waals surface area contributed by atoms with Crippen molar-refractivity contribution in [2.75, 3.05) is 17.7 Å². The molecule has 102 valence electrons. The number of benzene rings is 2. The highest BCUT2D eigenvalue weighted by molar-refractivity contribution is 6.31. The minimum absolute atomic E-state index is 0.0555. The lowest BCUT2D eigenvalue weighted by Crippen LogP contribution is -2.23. The monoisotopic (exact) mass is 285 g/mol. The van der Waals surface area contributed by atoms with E-state index in [9.17, 15) is 0 Å². The normalized spacial score (nSPS) is 11.7. The van der Waals surface area contributed by atoms with E-state index in [1.807, 2.05) is 36.2 Å². The summed E-state index contributed by atoms with van der Waals surface area (Å²) in [6.07, 6.45) is 0. The van der Waals surface area contributed by atoms with E-state index in [2.05, 4.69) is 13.0 Å². The van der Waals surface area contributed by atoms with E-state index in [0.29, 0.717) is 11.3 Å². The van der Waals surface area contributed by atoms with Crippen molar-refractivity contribution < 1.29 is 0 Å². The predicted molar refractivity (Wildman–Crippen MR) is 83.8 cm³/mol. The Hall–Kier alpha value is -2.18. The van der Waals surface area contributed by atoms with Crippen molar-refractivity contribution in [3.8, 4) is 6.07 Å². The molecule has 2 aromatic carbocycles. The molecule has 0 spiro atoms. The lowest BCUT2D eigenvalue weighted by molar-refractivity contribution is 0.741. The van der Waals surface area contributed by atoms with Gasteiger partial charge in [0.25, 0.3) is 0 Å². The number of nitrogens with zero attached hydrogens (tertiary/aromatic N) is 2. The van der Waals surface area contributed by atoms with Crippen molar-refractivity contribution in [2.45, 2.75) is 13.0 Å². The van der Waals surface area contributed by atoms with Gasteiger partial charge in [-0.2, -0.15) is 5.26 Å². The third kappa shape index (κ3) is 2.71. The number of nitrogen functional groups attached to an aromatic ring is 1. The van der Waals surface area contributed by atoms with Gasteiger partial charge in [0, 0.05) is 12.1 Å². The first-order valence-electron chi connectivity index (χ1n) is 6.31. The molecule has 2 rings (SSSR count). The second-order valence-corrected chi connectivity index (χ2v) is 5.10. The zero-order valence-corrected chi connectivity index (χ0v) is 12.2. The second-order valence-electron chi connectivity index (χ2n) is 4.69. The van der Waals surface area contributed by atoms with Crippen LogP contribution in [0.15, 0.2) is 42.5 Å². The average Bonchev–Trinajstić information content (AvgIpc) is 2.47. The number of hydrogen-bond acceptors (Lipinski definition) is 3. The molecule has 0 aliphatic rings. The van der Waals surface area contributed by atoms with Crippen LogP contribution < -0.4 is 10.6 Å².